The first-order chi connectivity index (χ1) is 3.25. The SMILES string of the molecule is F[C](Cl)(Cl)[Ge]([Cl])([Cl])[Cl]. The molecule has 0 radical (unpaired) electrons. The molecule has 0 aromatic carbocycles. The van der Waals surface area contributed by atoms with Gasteiger partial charge in [-0.05, 0) is 0 Å². The molecule has 0 aliphatic carbocycles. The second kappa shape index (κ2) is 2.89. The van der Waals surface area contributed by atoms with Crippen LogP contribution in [0.15, 0.2) is 0 Å². The van der Waals surface area contributed by atoms with Crippen LogP contribution >= 0.6 is 53.2 Å². The van der Waals surface area contributed by atoms with E-state index in [0.29, 0.717) is 0 Å². The summed E-state index contributed by atoms with van der Waals surface area (Å²) in [6.07, 6.45) is 0. The minimum absolute atomic E-state index is 2.63. The fourth-order valence-corrected chi connectivity index (χ4v) is 0. The van der Waals surface area contributed by atoms with Crippen molar-refractivity contribution < 1.29 is 4.39 Å². The van der Waals surface area contributed by atoms with Crippen molar-refractivity contribution in [1.29, 1.82) is 0 Å². The zero-order valence-corrected chi connectivity index (χ0v) is 9.15. The van der Waals surface area contributed by atoms with Crippen molar-refractivity contribution >= 4 is 63.7 Å². The molecule has 0 saturated carbocycles. The molecule has 0 aliphatic rings. The van der Waals surface area contributed by atoms with Crippen LogP contribution in [0, 0.1) is 0 Å². The Hall–Kier alpha value is 1.92. The Morgan fingerprint density at radius 2 is 1.25 bits per heavy atom. The molecule has 0 rings (SSSR count). The molecule has 0 unspecified atom stereocenters. The molecular formula is CCl5FGe. The topological polar surface area (TPSA) is 0 Å². The van der Waals surface area contributed by atoms with Crippen LogP contribution in [0.4, 0.5) is 4.39 Å². The van der Waals surface area contributed by atoms with Gasteiger partial charge in [0.1, 0.15) is 0 Å². The van der Waals surface area contributed by atoms with Crippen LogP contribution in [0.1, 0.15) is 0 Å². The van der Waals surface area contributed by atoms with Crippen molar-refractivity contribution in [3.05, 3.63) is 0 Å². The molecule has 7 heteroatoms. The molecule has 0 spiro atoms. The summed E-state index contributed by atoms with van der Waals surface area (Å²) in [6.45, 7) is 0. The summed E-state index contributed by atoms with van der Waals surface area (Å²) in [5, 5.41) is 0. The number of hydrogen-bond donors (Lipinski definition) is 0. The summed E-state index contributed by atoms with van der Waals surface area (Å²) in [7, 11) is 11.2. The van der Waals surface area contributed by atoms with Crippen LogP contribution in [0.5, 0.6) is 0 Å². The summed E-state index contributed by atoms with van der Waals surface area (Å²) >= 11 is 9.59. The summed E-state index contributed by atoms with van der Waals surface area (Å²) in [5.41, 5.74) is 0. The molecule has 0 atom stereocenters. The van der Waals surface area contributed by atoms with Gasteiger partial charge in [0.2, 0.25) is 0 Å². The second-order valence-corrected chi connectivity index (χ2v) is 18.9. The fourth-order valence-electron chi connectivity index (χ4n) is 0. The number of rotatable bonds is 1. The van der Waals surface area contributed by atoms with Crippen LogP contribution < -0.4 is 0 Å². The maximum atomic E-state index is 12.1. The molecular weight excluding hydrogens is 281 g/mol. The van der Waals surface area contributed by atoms with E-state index in [0.717, 1.165) is 0 Å². The van der Waals surface area contributed by atoms with Gasteiger partial charge in [0, 0.05) is 0 Å². The third kappa shape index (κ3) is 3.18. The number of halogens is 6. The van der Waals surface area contributed by atoms with Gasteiger partial charge in [-0.2, -0.15) is 0 Å². The molecule has 0 nitrogen and oxygen atoms in total. The van der Waals surface area contributed by atoms with Gasteiger partial charge in [-0.3, -0.25) is 0 Å². The van der Waals surface area contributed by atoms with E-state index >= 15 is 0 Å². The van der Waals surface area contributed by atoms with E-state index in [1.165, 1.54) is 0 Å². The third-order valence-electron chi connectivity index (χ3n) is 0.321. The van der Waals surface area contributed by atoms with Crippen molar-refractivity contribution in [2.75, 3.05) is 0 Å². The van der Waals surface area contributed by atoms with E-state index in [1.807, 2.05) is 0 Å². The quantitative estimate of drug-likeness (QED) is 0.511. The summed E-state index contributed by atoms with van der Waals surface area (Å²) in [5.74, 6) is 0. The predicted octanol–water partition coefficient (Wildman–Crippen LogP) is 3.28. The molecule has 0 aromatic heterocycles. The van der Waals surface area contributed by atoms with Crippen LogP contribution in [-0.4, -0.2) is 13.9 Å². The predicted molar refractivity (Wildman–Crippen MR) is 38.9 cm³/mol. The van der Waals surface area contributed by atoms with Gasteiger partial charge >= 0.3 is 71.5 Å². The van der Waals surface area contributed by atoms with Crippen LogP contribution in [0.3, 0.4) is 0 Å². The molecule has 50 valence electrons. The molecule has 0 aliphatic heterocycles. The Balaban J connectivity index is 4.02. The van der Waals surface area contributed by atoms with Crippen molar-refractivity contribution in [2.45, 2.75) is 3.42 Å². The standard InChI is InChI=1S/CCl5FGe/c2-1(3,7)8(4,5)6. The zero-order chi connectivity index (χ0) is 7.00. The molecule has 0 aromatic rings. The molecule has 0 N–H and O–H groups in total. The van der Waals surface area contributed by atoms with E-state index in [1.54, 1.807) is 0 Å². The van der Waals surface area contributed by atoms with Gasteiger partial charge in [-0.25, -0.2) is 0 Å². The van der Waals surface area contributed by atoms with Crippen LogP contribution in [-0.2, 0) is 0 Å². The maximum absolute atomic E-state index is 12.1. The minimum atomic E-state index is -4.03. The van der Waals surface area contributed by atoms with Gasteiger partial charge in [-0.15, -0.1) is 0 Å². The summed E-state index contributed by atoms with van der Waals surface area (Å²) in [4.78, 5) is 0. The van der Waals surface area contributed by atoms with Crippen LogP contribution in [0.2, 0.25) is 0 Å². The monoisotopic (exact) mass is 280 g/mol. The Bertz CT molecular complexity index is 67.4. The Morgan fingerprint density at radius 3 is 1.25 bits per heavy atom. The van der Waals surface area contributed by atoms with E-state index < -0.39 is 13.9 Å². The van der Waals surface area contributed by atoms with E-state index in [9.17, 15) is 4.39 Å². The molecule has 0 fully saturated rings. The van der Waals surface area contributed by atoms with E-state index in [2.05, 4.69) is 0 Å². The van der Waals surface area contributed by atoms with Gasteiger partial charge in [0.25, 0.3) is 0 Å². The van der Waals surface area contributed by atoms with Gasteiger partial charge in [-0.1, -0.05) is 0 Å². The first kappa shape index (κ1) is 9.92. The molecule has 0 amide bonds. The van der Waals surface area contributed by atoms with Gasteiger partial charge < -0.3 is 0 Å². The fraction of sp³-hybridized carbons (Fsp3) is 1.00. The van der Waals surface area contributed by atoms with E-state index in [-0.39, 0.29) is 0 Å². The van der Waals surface area contributed by atoms with Crippen LogP contribution in [0.25, 0.3) is 0 Å². The number of hydrogen-bond acceptors (Lipinski definition) is 0. The zero-order valence-electron chi connectivity index (χ0n) is 3.27. The van der Waals surface area contributed by atoms with Gasteiger partial charge in [0.05, 0.1) is 0 Å². The van der Waals surface area contributed by atoms with Crippen molar-refractivity contribution in [3.8, 4) is 0 Å². The van der Waals surface area contributed by atoms with E-state index in [4.69, 9.17) is 53.2 Å². The molecule has 0 heterocycles. The summed E-state index contributed by atoms with van der Waals surface area (Å²) < 4.78 is 9.48. The molecule has 0 bridgehead atoms. The van der Waals surface area contributed by atoms with Crippen molar-refractivity contribution in [1.82, 2.24) is 0 Å². The van der Waals surface area contributed by atoms with Gasteiger partial charge in [0.15, 0.2) is 0 Å². The third-order valence-corrected chi connectivity index (χ3v) is 11.7. The average molecular weight is 281 g/mol. The Morgan fingerprint density at radius 1 is 1.12 bits per heavy atom. The normalized spacial score (nSPS) is 14.2. The molecule has 8 heavy (non-hydrogen) atoms. The molecule has 0 saturated heterocycles. The first-order valence-electron chi connectivity index (χ1n) is 1.38. The first-order valence-corrected chi connectivity index (χ1v) is 11.5. The summed E-state index contributed by atoms with van der Waals surface area (Å²) in [6, 6.07) is 0. The number of alkyl halides is 3. The second-order valence-electron chi connectivity index (χ2n) is 0.996. The Labute approximate surface area is 71.1 Å². The average Bonchev–Trinajstić information content (AvgIpc) is 1.25. The van der Waals surface area contributed by atoms with Crippen molar-refractivity contribution in [2.24, 2.45) is 0 Å². The van der Waals surface area contributed by atoms with Crippen molar-refractivity contribution in [3.63, 3.8) is 0 Å². The Kier molecular flexibility index (Phi) is 3.58.